The standard InChI is InChI=1S/C28H26N2O5/c1-2-34-23(32)15-35-17-8-10-18-16(13-17)7-9-20-24(18)26-21(14-29-28(26)33)25-19-5-3-4-6-22(19)30(11-12-31)27(20)25/h3-6,8,10,13,31H,2,7,9,11-12,14-15H2,1H3,(H,29,33). The molecule has 0 unspecified atom stereocenters. The number of fused-ring (bicyclic) bond motifs is 10. The van der Waals surface area contributed by atoms with Crippen LogP contribution in [0.4, 0.5) is 0 Å². The Morgan fingerprint density at radius 2 is 1.97 bits per heavy atom. The highest BCUT2D eigenvalue weighted by Crippen LogP contribution is 2.47. The summed E-state index contributed by atoms with van der Waals surface area (Å²) in [4.78, 5) is 24.8. The fourth-order valence-electron chi connectivity index (χ4n) is 5.74. The SMILES string of the molecule is CCOC(=O)COc1ccc2c(c1)CCc1c-2c2c(c3c4ccccc4n(CCO)c13)CNC2=O. The molecule has 0 saturated heterocycles. The van der Waals surface area contributed by atoms with Crippen molar-refractivity contribution in [2.24, 2.45) is 0 Å². The number of nitrogens with zero attached hydrogens (tertiary/aromatic N) is 1. The van der Waals surface area contributed by atoms with E-state index in [9.17, 15) is 14.7 Å². The fourth-order valence-corrected chi connectivity index (χ4v) is 5.74. The first-order valence-electron chi connectivity index (χ1n) is 12.0. The van der Waals surface area contributed by atoms with Crippen molar-refractivity contribution in [3.63, 3.8) is 0 Å². The smallest absolute Gasteiger partial charge is 0.344 e. The molecule has 0 saturated carbocycles. The van der Waals surface area contributed by atoms with Crippen molar-refractivity contribution in [2.75, 3.05) is 19.8 Å². The van der Waals surface area contributed by atoms with Gasteiger partial charge in [0.05, 0.1) is 24.3 Å². The number of rotatable bonds is 6. The number of carbonyl (C=O) groups is 2. The monoisotopic (exact) mass is 470 g/mol. The van der Waals surface area contributed by atoms with E-state index in [0.29, 0.717) is 25.4 Å². The molecule has 0 atom stereocenters. The number of esters is 1. The van der Waals surface area contributed by atoms with Gasteiger partial charge in [0.25, 0.3) is 5.91 Å². The average Bonchev–Trinajstić information content (AvgIpc) is 3.41. The van der Waals surface area contributed by atoms with E-state index in [4.69, 9.17) is 9.47 Å². The molecular formula is C28H26N2O5. The van der Waals surface area contributed by atoms with E-state index in [0.717, 1.165) is 68.0 Å². The van der Waals surface area contributed by atoms with Crippen molar-refractivity contribution in [3.8, 4) is 16.9 Å². The molecule has 0 bridgehead atoms. The summed E-state index contributed by atoms with van der Waals surface area (Å²) in [7, 11) is 0. The Labute approximate surface area is 202 Å². The molecule has 1 aromatic heterocycles. The van der Waals surface area contributed by atoms with Gasteiger partial charge in [-0.05, 0) is 60.2 Å². The summed E-state index contributed by atoms with van der Waals surface area (Å²) >= 11 is 0. The van der Waals surface area contributed by atoms with Crippen LogP contribution >= 0.6 is 0 Å². The van der Waals surface area contributed by atoms with Gasteiger partial charge in [0.1, 0.15) is 5.75 Å². The number of benzene rings is 3. The van der Waals surface area contributed by atoms with Crippen LogP contribution in [0.5, 0.6) is 5.75 Å². The third-order valence-electron chi connectivity index (χ3n) is 7.04. The van der Waals surface area contributed by atoms with E-state index in [-0.39, 0.29) is 19.1 Å². The topological polar surface area (TPSA) is 89.8 Å². The molecule has 1 aliphatic carbocycles. The molecule has 6 rings (SSSR count). The van der Waals surface area contributed by atoms with Gasteiger partial charge in [-0.2, -0.15) is 0 Å². The number of carbonyl (C=O) groups excluding carboxylic acids is 2. The third kappa shape index (κ3) is 3.30. The molecule has 2 heterocycles. The minimum atomic E-state index is -0.399. The first kappa shape index (κ1) is 21.7. The molecule has 4 aromatic rings. The number of nitrogens with one attached hydrogen (secondary N) is 1. The van der Waals surface area contributed by atoms with E-state index < -0.39 is 5.97 Å². The van der Waals surface area contributed by atoms with Crippen molar-refractivity contribution < 1.29 is 24.2 Å². The lowest BCUT2D eigenvalue weighted by Crippen LogP contribution is -2.16. The molecule has 3 aromatic carbocycles. The number of aryl methyl sites for hydroxylation is 2. The van der Waals surface area contributed by atoms with Gasteiger partial charge >= 0.3 is 5.97 Å². The average molecular weight is 471 g/mol. The Bertz CT molecular complexity index is 1520. The van der Waals surface area contributed by atoms with Crippen LogP contribution in [0.2, 0.25) is 0 Å². The van der Waals surface area contributed by atoms with Crippen LogP contribution < -0.4 is 10.1 Å². The Balaban J connectivity index is 1.57. The number of amides is 1. The summed E-state index contributed by atoms with van der Waals surface area (Å²) in [6, 6.07) is 14.0. The van der Waals surface area contributed by atoms with Crippen LogP contribution in [0, 0.1) is 0 Å². The zero-order valence-electron chi connectivity index (χ0n) is 19.5. The van der Waals surface area contributed by atoms with Crippen molar-refractivity contribution in [1.82, 2.24) is 9.88 Å². The summed E-state index contributed by atoms with van der Waals surface area (Å²) in [5.74, 6) is 0.161. The maximum absolute atomic E-state index is 13.1. The van der Waals surface area contributed by atoms with Crippen molar-refractivity contribution in [1.29, 1.82) is 0 Å². The summed E-state index contributed by atoms with van der Waals surface area (Å²) in [5.41, 5.74) is 8.18. The van der Waals surface area contributed by atoms with E-state index in [1.807, 2.05) is 30.3 Å². The summed E-state index contributed by atoms with van der Waals surface area (Å²) < 4.78 is 12.8. The highest BCUT2D eigenvalue weighted by molar-refractivity contribution is 6.19. The van der Waals surface area contributed by atoms with E-state index >= 15 is 0 Å². The molecule has 0 spiro atoms. The summed E-state index contributed by atoms with van der Waals surface area (Å²) in [6.07, 6.45) is 1.55. The number of aliphatic hydroxyl groups is 1. The van der Waals surface area contributed by atoms with E-state index in [1.54, 1.807) is 6.92 Å². The van der Waals surface area contributed by atoms with Crippen LogP contribution in [-0.4, -0.2) is 41.4 Å². The summed E-state index contributed by atoms with van der Waals surface area (Å²) in [6.45, 7) is 2.96. The molecule has 35 heavy (non-hydrogen) atoms. The van der Waals surface area contributed by atoms with Gasteiger partial charge in [-0.1, -0.05) is 24.3 Å². The molecule has 2 aliphatic rings. The number of hydrogen-bond acceptors (Lipinski definition) is 5. The van der Waals surface area contributed by atoms with Crippen LogP contribution in [0.25, 0.3) is 32.9 Å². The van der Waals surface area contributed by atoms with Crippen molar-refractivity contribution in [2.45, 2.75) is 32.9 Å². The molecule has 178 valence electrons. The maximum Gasteiger partial charge on any atom is 0.344 e. The fraction of sp³-hybridized carbons (Fsp3) is 0.286. The minimum absolute atomic E-state index is 0.0363. The Morgan fingerprint density at radius 3 is 2.80 bits per heavy atom. The van der Waals surface area contributed by atoms with E-state index in [2.05, 4.69) is 22.0 Å². The molecular weight excluding hydrogens is 444 g/mol. The highest BCUT2D eigenvalue weighted by atomic mass is 16.6. The van der Waals surface area contributed by atoms with Gasteiger partial charge < -0.3 is 24.5 Å². The Morgan fingerprint density at radius 1 is 1.11 bits per heavy atom. The van der Waals surface area contributed by atoms with Crippen LogP contribution in [0.1, 0.15) is 34.0 Å². The molecule has 0 fully saturated rings. The predicted molar refractivity (Wildman–Crippen MR) is 133 cm³/mol. The normalized spacial score (nSPS) is 13.9. The number of hydrogen-bond donors (Lipinski definition) is 2. The maximum atomic E-state index is 13.1. The van der Waals surface area contributed by atoms with Gasteiger partial charge in [-0.25, -0.2) is 4.79 Å². The molecule has 0 radical (unpaired) electrons. The van der Waals surface area contributed by atoms with Crippen LogP contribution in [-0.2, 0) is 35.5 Å². The van der Waals surface area contributed by atoms with Crippen LogP contribution in [0.3, 0.4) is 0 Å². The van der Waals surface area contributed by atoms with Gasteiger partial charge in [0.2, 0.25) is 0 Å². The quantitative estimate of drug-likeness (QED) is 0.419. The predicted octanol–water partition coefficient (Wildman–Crippen LogP) is 3.74. The first-order chi connectivity index (χ1) is 17.1. The molecule has 2 N–H and O–H groups in total. The second kappa shape index (κ2) is 8.43. The number of aliphatic hydroxyl groups excluding tert-OH is 1. The largest absolute Gasteiger partial charge is 0.482 e. The third-order valence-corrected chi connectivity index (χ3v) is 7.04. The van der Waals surface area contributed by atoms with Gasteiger partial charge in [-0.15, -0.1) is 0 Å². The molecule has 7 heteroatoms. The first-order valence-corrected chi connectivity index (χ1v) is 12.0. The van der Waals surface area contributed by atoms with Crippen molar-refractivity contribution >= 4 is 33.7 Å². The number of para-hydroxylation sites is 1. The lowest BCUT2D eigenvalue weighted by atomic mass is 9.80. The second-order valence-corrected chi connectivity index (χ2v) is 8.92. The Hall–Kier alpha value is -3.84. The zero-order valence-corrected chi connectivity index (χ0v) is 19.5. The lowest BCUT2D eigenvalue weighted by Gasteiger charge is -2.25. The number of ether oxygens (including phenoxy) is 2. The number of aromatic nitrogens is 1. The molecule has 7 nitrogen and oxygen atoms in total. The molecule has 1 amide bonds. The lowest BCUT2D eigenvalue weighted by molar-refractivity contribution is -0.145. The Kier molecular flexibility index (Phi) is 5.22. The van der Waals surface area contributed by atoms with Gasteiger partial charge in [0.15, 0.2) is 6.61 Å². The minimum Gasteiger partial charge on any atom is -0.482 e. The van der Waals surface area contributed by atoms with Gasteiger partial charge in [-0.3, -0.25) is 4.79 Å². The molecule has 1 aliphatic heterocycles. The second-order valence-electron chi connectivity index (χ2n) is 8.92. The van der Waals surface area contributed by atoms with Crippen molar-refractivity contribution in [3.05, 3.63) is 64.7 Å². The van der Waals surface area contributed by atoms with Gasteiger partial charge in [0, 0.05) is 34.9 Å². The highest BCUT2D eigenvalue weighted by Gasteiger charge is 2.34. The summed E-state index contributed by atoms with van der Waals surface area (Å²) in [5, 5.41) is 15.1. The zero-order chi connectivity index (χ0) is 24.1. The van der Waals surface area contributed by atoms with Crippen LogP contribution in [0.15, 0.2) is 42.5 Å². The van der Waals surface area contributed by atoms with E-state index in [1.165, 1.54) is 0 Å².